The molecule has 20 heavy (non-hydrogen) atoms. The first-order valence-electron chi connectivity index (χ1n) is 5.99. The van der Waals surface area contributed by atoms with Crippen LogP contribution in [0.4, 0.5) is 0 Å². The summed E-state index contributed by atoms with van der Waals surface area (Å²) in [7, 11) is 1.88. The number of nitrogens with zero attached hydrogens (tertiary/aromatic N) is 2. The van der Waals surface area contributed by atoms with Gasteiger partial charge in [0, 0.05) is 18.8 Å². The molecular weight excluding hydrogens is 397 g/mol. The number of hydrogen-bond donors (Lipinski definition) is 0. The fourth-order valence-corrected chi connectivity index (χ4v) is 1.51. The third kappa shape index (κ3) is 4.51. The number of benzene rings is 1. The number of carbonyl (C=O) groups excluding carboxylic acids is 1. The molecule has 2 aromatic rings. The third-order valence-corrected chi connectivity index (χ3v) is 3.65. The quantitative estimate of drug-likeness (QED) is 0.707. The van der Waals surface area contributed by atoms with Crippen molar-refractivity contribution in [3.8, 4) is 5.69 Å². The molecule has 1 aromatic carbocycles. The number of rotatable bonds is 2. The minimum Gasteiger partial charge on any atom is -0.285 e. The molecule has 1 heterocycles. The van der Waals surface area contributed by atoms with Crippen LogP contribution in [-0.4, -0.2) is 10.9 Å². The van der Waals surface area contributed by atoms with Gasteiger partial charge < -0.3 is 0 Å². The number of para-hydroxylation sites is 1. The number of carbonyl (C=O) groups is 1. The second-order valence-corrected chi connectivity index (χ2v) is 5.37. The SMILES string of the molecule is C=C(C)[C](=O)[Gd].Cc1cc(=O)n(-c2ccccc2)n1C. The summed E-state index contributed by atoms with van der Waals surface area (Å²) in [5.74, 6) is 0. The zero-order valence-electron chi connectivity index (χ0n) is 11.7. The first-order valence-corrected chi connectivity index (χ1v) is 7.13. The number of aryl methyl sites for hydroxylation is 1. The Kier molecular flexibility index (Phi) is 6.53. The first kappa shape index (κ1) is 17.0. The molecule has 0 saturated carbocycles. The van der Waals surface area contributed by atoms with Crippen LogP contribution >= 0.6 is 0 Å². The largest absolute Gasteiger partial charge is 0.285 e. The van der Waals surface area contributed by atoms with Crippen molar-refractivity contribution in [1.82, 2.24) is 9.36 Å². The number of hydrogen-bond acceptors (Lipinski definition) is 2. The summed E-state index contributed by atoms with van der Waals surface area (Å²) in [5, 5.41) is 0. The predicted octanol–water partition coefficient (Wildman–Crippen LogP) is 2.12. The third-order valence-electron chi connectivity index (χ3n) is 2.68. The van der Waals surface area contributed by atoms with Gasteiger partial charge in [-0.1, -0.05) is 18.2 Å². The molecule has 0 aliphatic rings. The van der Waals surface area contributed by atoms with Crippen LogP contribution in [0.5, 0.6) is 0 Å². The van der Waals surface area contributed by atoms with Crippen molar-refractivity contribution in [3.05, 3.63) is 64.6 Å². The van der Waals surface area contributed by atoms with E-state index in [1.165, 1.54) is 37.9 Å². The van der Waals surface area contributed by atoms with E-state index in [0.29, 0.717) is 5.57 Å². The summed E-state index contributed by atoms with van der Waals surface area (Å²) < 4.78 is 3.59. The van der Waals surface area contributed by atoms with Crippen LogP contribution in [0, 0.1) is 44.8 Å². The van der Waals surface area contributed by atoms with Crippen LogP contribution in [0.15, 0.2) is 53.3 Å². The van der Waals surface area contributed by atoms with Gasteiger partial charge in [-0.2, -0.15) is 0 Å². The van der Waals surface area contributed by atoms with Crippen molar-refractivity contribution in [3.63, 3.8) is 0 Å². The predicted molar refractivity (Wildman–Crippen MR) is 75.6 cm³/mol. The van der Waals surface area contributed by atoms with Gasteiger partial charge in [-0.3, -0.25) is 9.48 Å². The molecule has 0 atom stereocenters. The fraction of sp³-hybridized carbons (Fsp3) is 0.200. The molecule has 0 amide bonds. The van der Waals surface area contributed by atoms with Crippen molar-refractivity contribution in [1.29, 1.82) is 0 Å². The molecule has 1 aromatic heterocycles. The Bertz CT molecular complexity index is 657. The summed E-state index contributed by atoms with van der Waals surface area (Å²) in [4.78, 5) is 21.7. The van der Waals surface area contributed by atoms with Crippen LogP contribution in [0.2, 0.25) is 0 Å². The van der Waals surface area contributed by atoms with E-state index in [4.69, 9.17) is 0 Å². The fourth-order valence-electron chi connectivity index (χ4n) is 1.51. The van der Waals surface area contributed by atoms with Crippen LogP contribution in [-0.2, 0) is 11.8 Å². The van der Waals surface area contributed by atoms with Crippen LogP contribution in [0.3, 0.4) is 0 Å². The van der Waals surface area contributed by atoms with Crippen molar-refractivity contribution >= 4 is 1.56 Å². The molecule has 0 aliphatic carbocycles. The molecule has 0 spiro atoms. The van der Waals surface area contributed by atoms with Crippen molar-refractivity contribution in [2.75, 3.05) is 0 Å². The van der Waals surface area contributed by atoms with Crippen LogP contribution in [0.1, 0.15) is 12.6 Å². The van der Waals surface area contributed by atoms with Gasteiger partial charge in [0.25, 0.3) is 5.56 Å². The maximum absolute atomic E-state index is 11.6. The zero-order valence-corrected chi connectivity index (χ0v) is 14.0. The molecule has 5 heteroatoms. The minimum absolute atomic E-state index is 0.0104. The van der Waals surface area contributed by atoms with Crippen molar-refractivity contribution in [2.45, 2.75) is 13.8 Å². The molecule has 2 rings (SSSR count). The summed E-state index contributed by atoms with van der Waals surface area (Å²) in [6, 6.07) is 11.2. The molecule has 0 unspecified atom stereocenters. The van der Waals surface area contributed by atoms with Crippen LogP contribution in [0.25, 0.3) is 5.69 Å². The maximum Gasteiger partial charge on any atom is 0.271 e. The van der Waals surface area contributed by atoms with E-state index >= 15 is 0 Å². The molecular formula is C15H17GdN2O2. The van der Waals surface area contributed by atoms with Gasteiger partial charge >= 0.3 is 63.3 Å². The topological polar surface area (TPSA) is 44.0 Å². The normalized spacial score (nSPS) is 9.60. The number of aromatic nitrogens is 2. The number of allylic oxidation sites excluding steroid dienone is 1. The van der Waals surface area contributed by atoms with E-state index < -0.39 is 0 Å². The van der Waals surface area contributed by atoms with Gasteiger partial charge in [0.15, 0.2) is 0 Å². The van der Waals surface area contributed by atoms with Gasteiger partial charge in [-0.25, -0.2) is 4.68 Å². The van der Waals surface area contributed by atoms with E-state index in [1.807, 2.05) is 49.0 Å². The summed E-state index contributed by atoms with van der Waals surface area (Å²) in [5.41, 5.74) is 2.50. The Morgan fingerprint density at radius 1 is 1.25 bits per heavy atom. The van der Waals surface area contributed by atoms with E-state index in [0.717, 1.165) is 11.4 Å². The van der Waals surface area contributed by atoms with Gasteiger partial charge in [-0.05, 0) is 19.1 Å². The van der Waals surface area contributed by atoms with Crippen molar-refractivity contribution in [2.24, 2.45) is 7.05 Å². The molecule has 0 saturated heterocycles. The Morgan fingerprint density at radius 3 is 2.10 bits per heavy atom. The second-order valence-electron chi connectivity index (χ2n) is 4.34. The molecule has 0 aliphatic heterocycles. The maximum atomic E-state index is 11.6. The molecule has 4 nitrogen and oxygen atoms in total. The van der Waals surface area contributed by atoms with Gasteiger partial charge in [-0.15, -0.1) is 0 Å². The monoisotopic (exact) mass is 415 g/mol. The molecule has 0 fully saturated rings. The first-order chi connectivity index (χ1) is 9.34. The van der Waals surface area contributed by atoms with Gasteiger partial charge in [0.2, 0.25) is 0 Å². The summed E-state index contributed by atoms with van der Waals surface area (Å²) >= 11 is 1.32. The van der Waals surface area contributed by atoms with Gasteiger partial charge in [0.1, 0.15) is 0 Å². The van der Waals surface area contributed by atoms with Crippen LogP contribution < -0.4 is 5.56 Å². The Balaban J connectivity index is 0.000000286. The summed E-state index contributed by atoms with van der Waals surface area (Å²) in [6.45, 7) is 7.03. The minimum atomic E-state index is 0.0104. The average molecular weight is 415 g/mol. The Hall–Kier alpha value is -1.04. The van der Waals surface area contributed by atoms with E-state index in [2.05, 4.69) is 6.58 Å². The molecule has 0 bridgehead atoms. The molecule has 0 radical (unpaired) electrons. The Morgan fingerprint density at radius 2 is 1.75 bits per heavy atom. The molecule has 0 N–H and O–H groups in total. The van der Waals surface area contributed by atoms with E-state index in [1.54, 1.807) is 17.7 Å². The average Bonchev–Trinajstić information content (AvgIpc) is 2.65. The second kappa shape index (κ2) is 7.67. The standard InChI is InChI=1S/C11H12N2O.C4H5O.Gd/c1-9-8-11(14)13(12(9)2)10-6-4-3-5-7-10;1-4(2)3-5;/h3-8H,1-2H3;1H2,2H3;. The smallest absolute Gasteiger partial charge is 0.271 e. The van der Waals surface area contributed by atoms with E-state index in [9.17, 15) is 9.59 Å². The van der Waals surface area contributed by atoms with E-state index in [-0.39, 0.29) is 7.12 Å². The van der Waals surface area contributed by atoms with Gasteiger partial charge in [0.05, 0.1) is 5.69 Å². The summed E-state index contributed by atoms with van der Waals surface area (Å²) in [6.07, 6.45) is 0. The Labute approximate surface area is 144 Å². The van der Waals surface area contributed by atoms with Crippen molar-refractivity contribution < 1.29 is 42.7 Å². The molecule has 107 valence electrons. The zero-order chi connectivity index (χ0) is 15.3.